The van der Waals surface area contributed by atoms with Gasteiger partial charge in [0, 0.05) is 22.4 Å². The summed E-state index contributed by atoms with van der Waals surface area (Å²) in [4.78, 5) is 1.43. The van der Waals surface area contributed by atoms with Gasteiger partial charge in [-0.2, -0.15) is 0 Å². The van der Waals surface area contributed by atoms with E-state index in [0.29, 0.717) is 0 Å². The molecule has 15 heavy (non-hydrogen) atoms. The SMILES string of the molecule is Brc1ccsc1CNCC1(C2CC2)CC1. The molecule has 0 bridgehead atoms. The largest absolute Gasteiger partial charge is 0.311 e. The molecule has 0 spiro atoms. The van der Waals surface area contributed by atoms with Gasteiger partial charge in [-0.3, -0.25) is 0 Å². The number of thiophene rings is 1. The predicted molar refractivity (Wildman–Crippen MR) is 68.1 cm³/mol. The van der Waals surface area contributed by atoms with Crippen LogP contribution in [0.1, 0.15) is 30.6 Å². The lowest BCUT2D eigenvalue weighted by Crippen LogP contribution is -2.24. The van der Waals surface area contributed by atoms with Crippen molar-refractivity contribution in [1.29, 1.82) is 0 Å². The lowest BCUT2D eigenvalue weighted by molar-refractivity contribution is 0.404. The Morgan fingerprint density at radius 2 is 2.27 bits per heavy atom. The Balaban J connectivity index is 1.49. The first-order chi connectivity index (χ1) is 7.30. The zero-order chi connectivity index (χ0) is 10.3. The van der Waals surface area contributed by atoms with E-state index in [2.05, 4.69) is 32.7 Å². The molecule has 1 aromatic heterocycles. The molecular formula is C12H16BrNS. The maximum absolute atomic E-state index is 3.63. The molecule has 82 valence electrons. The van der Waals surface area contributed by atoms with Crippen LogP contribution in [-0.4, -0.2) is 6.54 Å². The van der Waals surface area contributed by atoms with Crippen LogP contribution in [-0.2, 0) is 6.54 Å². The molecule has 1 heterocycles. The minimum Gasteiger partial charge on any atom is -0.311 e. The van der Waals surface area contributed by atoms with Gasteiger partial charge in [0.05, 0.1) is 0 Å². The van der Waals surface area contributed by atoms with E-state index in [1.807, 2.05) is 11.3 Å². The van der Waals surface area contributed by atoms with Crippen LogP contribution >= 0.6 is 27.3 Å². The number of hydrogen-bond acceptors (Lipinski definition) is 2. The van der Waals surface area contributed by atoms with Crippen LogP contribution in [0.5, 0.6) is 0 Å². The average Bonchev–Trinajstić information content (AvgIpc) is 3.10. The van der Waals surface area contributed by atoms with Crippen molar-refractivity contribution < 1.29 is 0 Å². The quantitative estimate of drug-likeness (QED) is 0.868. The Bertz CT molecular complexity index is 352. The van der Waals surface area contributed by atoms with E-state index in [1.165, 1.54) is 41.6 Å². The third-order valence-corrected chi connectivity index (χ3v) is 5.72. The molecule has 0 atom stereocenters. The molecule has 1 aromatic rings. The number of rotatable bonds is 5. The van der Waals surface area contributed by atoms with E-state index in [0.717, 1.165) is 17.9 Å². The van der Waals surface area contributed by atoms with Gasteiger partial charge in [0.1, 0.15) is 0 Å². The summed E-state index contributed by atoms with van der Waals surface area (Å²) in [5.41, 5.74) is 0.726. The molecule has 2 fully saturated rings. The van der Waals surface area contributed by atoms with Crippen molar-refractivity contribution in [1.82, 2.24) is 5.32 Å². The molecule has 0 aromatic carbocycles. The monoisotopic (exact) mass is 285 g/mol. The van der Waals surface area contributed by atoms with Gasteiger partial charge in [0.2, 0.25) is 0 Å². The van der Waals surface area contributed by atoms with Crippen molar-refractivity contribution in [2.45, 2.75) is 32.2 Å². The van der Waals surface area contributed by atoms with Crippen LogP contribution in [0.15, 0.2) is 15.9 Å². The molecule has 2 aliphatic rings. The van der Waals surface area contributed by atoms with Gasteiger partial charge in [0.15, 0.2) is 0 Å². The molecule has 1 nitrogen and oxygen atoms in total. The van der Waals surface area contributed by atoms with Crippen LogP contribution in [0, 0.1) is 11.3 Å². The highest BCUT2D eigenvalue weighted by Gasteiger charge is 2.53. The van der Waals surface area contributed by atoms with Gasteiger partial charge in [-0.1, -0.05) is 0 Å². The van der Waals surface area contributed by atoms with Crippen molar-refractivity contribution >= 4 is 27.3 Å². The van der Waals surface area contributed by atoms with E-state index in [-0.39, 0.29) is 0 Å². The van der Waals surface area contributed by atoms with E-state index >= 15 is 0 Å². The summed E-state index contributed by atoms with van der Waals surface area (Å²) < 4.78 is 1.26. The first-order valence-electron chi connectivity index (χ1n) is 5.73. The topological polar surface area (TPSA) is 12.0 Å². The highest BCUT2D eigenvalue weighted by atomic mass is 79.9. The highest BCUT2D eigenvalue weighted by Crippen LogP contribution is 2.60. The smallest absolute Gasteiger partial charge is 0.0327 e. The Hall–Kier alpha value is 0.140. The number of halogens is 1. The van der Waals surface area contributed by atoms with Crippen LogP contribution in [0.2, 0.25) is 0 Å². The van der Waals surface area contributed by atoms with Gasteiger partial charge >= 0.3 is 0 Å². The predicted octanol–water partition coefficient (Wildman–Crippen LogP) is 3.79. The molecule has 3 heteroatoms. The molecule has 2 aliphatic carbocycles. The van der Waals surface area contributed by atoms with E-state index < -0.39 is 0 Å². The van der Waals surface area contributed by atoms with Gasteiger partial charge in [-0.15, -0.1) is 11.3 Å². The molecule has 1 N–H and O–H groups in total. The van der Waals surface area contributed by atoms with Crippen molar-refractivity contribution in [3.05, 3.63) is 20.8 Å². The van der Waals surface area contributed by atoms with E-state index in [9.17, 15) is 0 Å². The Morgan fingerprint density at radius 3 is 2.80 bits per heavy atom. The normalized spacial score (nSPS) is 23.0. The van der Waals surface area contributed by atoms with Crippen molar-refractivity contribution in [2.75, 3.05) is 6.54 Å². The summed E-state index contributed by atoms with van der Waals surface area (Å²) in [7, 11) is 0. The van der Waals surface area contributed by atoms with Gasteiger partial charge in [0.25, 0.3) is 0 Å². The summed E-state index contributed by atoms with van der Waals surface area (Å²) >= 11 is 5.41. The molecule has 0 unspecified atom stereocenters. The average molecular weight is 286 g/mol. The Labute approximate surface area is 103 Å². The molecule has 0 radical (unpaired) electrons. The fourth-order valence-corrected chi connectivity index (χ4v) is 3.92. The molecular weight excluding hydrogens is 270 g/mol. The van der Waals surface area contributed by atoms with E-state index in [1.54, 1.807) is 0 Å². The Kier molecular flexibility index (Phi) is 2.65. The lowest BCUT2D eigenvalue weighted by Gasteiger charge is -2.14. The minimum atomic E-state index is 0.726. The van der Waals surface area contributed by atoms with Crippen molar-refractivity contribution in [3.63, 3.8) is 0 Å². The number of nitrogens with one attached hydrogen (secondary N) is 1. The van der Waals surface area contributed by atoms with Gasteiger partial charge in [-0.25, -0.2) is 0 Å². The van der Waals surface area contributed by atoms with Crippen LogP contribution < -0.4 is 5.32 Å². The summed E-state index contributed by atoms with van der Waals surface area (Å²) in [6.45, 7) is 2.27. The standard InChI is InChI=1S/C12H16BrNS/c13-10-3-6-15-11(10)7-14-8-12(4-5-12)9-1-2-9/h3,6,9,14H,1-2,4-5,7-8H2. The third kappa shape index (κ3) is 2.15. The summed E-state index contributed by atoms with van der Waals surface area (Å²) in [5, 5.41) is 5.78. The zero-order valence-corrected chi connectivity index (χ0v) is 11.2. The molecule has 3 rings (SSSR count). The van der Waals surface area contributed by atoms with E-state index in [4.69, 9.17) is 0 Å². The molecule has 0 aliphatic heterocycles. The van der Waals surface area contributed by atoms with Crippen molar-refractivity contribution in [2.24, 2.45) is 11.3 Å². The summed E-state index contributed by atoms with van der Waals surface area (Å²) in [6.07, 6.45) is 5.92. The summed E-state index contributed by atoms with van der Waals surface area (Å²) in [5.74, 6) is 1.07. The Morgan fingerprint density at radius 1 is 1.47 bits per heavy atom. The maximum Gasteiger partial charge on any atom is 0.0327 e. The summed E-state index contributed by atoms with van der Waals surface area (Å²) in [6, 6.07) is 2.13. The zero-order valence-electron chi connectivity index (χ0n) is 8.76. The molecule has 0 saturated heterocycles. The first-order valence-corrected chi connectivity index (χ1v) is 7.40. The van der Waals surface area contributed by atoms with Gasteiger partial charge < -0.3 is 5.32 Å². The first kappa shape index (κ1) is 10.3. The fraction of sp³-hybridized carbons (Fsp3) is 0.667. The second-order valence-electron chi connectivity index (χ2n) is 4.93. The van der Waals surface area contributed by atoms with Crippen LogP contribution in [0.3, 0.4) is 0 Å². The second kappa shape index (κ2) is 3.86. The van der Waals surface area contributed by atoms with Gasteiger partial charge in [-0.05, 0) is 64.4 Å². The third-order valence-electron chi connectivity index (χ3n) is 3.79. The molecule has 2 saturated carbocycles. The second-order valence-corrected chi connectivity index (χ2v) is 6.79. The lowest BCUT2D eigenvalue weighted by atomic mass is 10.0. The highest BCUT2D eigenvalue weighted by molar-refractivity contribution is 9.10. The fourth-order valence-electron chi connectivity index (χ4n) is 2.46. The minimum absolute atomic E-state index is 0.726. The van der Waals surface area contributed by atoms with Crippen molar-refractivity contribution in [3.8, 4) is 0 Å². The molecule has 0 amide bonds. The number of hydrogen-bond donors (Lipinski definition) is 1. The van der Waals surface area contributed by atoms with Crippen LogP contribution in [0.4, 0.5) is 0 Å². The van der Waals surface area contributed by atoms with Crippen LogP contribution in [0.25, 0.3) is 0 Å². The maximum atomic E-state index is 3.63.